The topological polar surface area (TPSA) is 59.1 Å². The van der Waals surface area contributed by atoms with Gasteiger partial charge in [-0.05, 0) is 44.9 Å². The Kier molecular flexibility index (Phi) is 6.29. The fraction of sp³-hybridized carbons (Fsp3) is 0.667. The summed E-state index contributed by atoms with van der Waals surface area (Å²) in [7, 11) is -2.07. The summed E-state index contributed by atoms with van der Waals surface area (Å²) in [5.41, 5.74) is 0. The lowest BCUT2D eigenvalue weighted by Gasteiger charge is -2.43. The van der Waals surface area contributed by atoms with E-state index < -0.39 is 10.0 Å². The van der Waals surface area contributed by atoms with Crippen LogP contribution in [0.1, 0.15) is 26.7 Å². The summed E-state index contributed by atoms with van der Waals surface area (Å²) in [5, 5.41) is 0. The molecule has 146 valence electrons. The number of nitrogens with zero attached hydrogens (tertiary/aromatic N) is 2. The van der Waals surface area contributed by atoms with E-state index in [0.29, 0.717) is 24.9 Å². The molecule has 0 spiro atoms. The molecule has 3 rings (SSSR count). The molecule has 2 fully saturated rings. The van der Waals surface area contributed by atoms with E-state index in [4.69, 9.17) is 9.47 Å². The van der Waals surface area contributed by atoms with Gasteiger partial charge in [0.2, 0.25) is 10.0 Å². The molecule has 1 aromatic carbocycles. The second-order valence-electron chi connectivity index (χ2n) is 7.14. The number of rotatable bonds is 4. The summed E-state index contributed by atoms with van der Waals surface area (Å²) >= 11 is 3.36. The normalized spacial score (nSPS) is 26.8. The summed E-state index contributed by atoms with van der Waals surface area (Å²) in [5.74, 6) is 0.381. The highest BCUT2D eigenvalue weighted by molar-refractivity contribution is 9.10. The van der Waals surface area contributed by atoms with Gasteiger partial charge in [0.05, 0.1) is 19.3 Å². The Hall–Kier alpha value is -0.670. The van der Waals surface area contributed by atoms with Crippen molar-refractivity contribution in [3.05, 3.63) is 22.7 Å². The van der Waals surface area contributed by atoms with Crippen LogP contribution in [-0.2, 0) is 14.8 Å². The standard InChI is InChI=1S/C18H27BrN2O4S/c1-13-11-20(12-14(2)25-13)16-6-8-21(9-7-16)26(22,23)18-10-15(19)4-5-17(18)24-3/h4-5,10,13-14,16H,6-9,11-12H2,1-3H3/t13-,14-/m1/s1. The van der Waals surface area contributed by atoms with Gasteiger partial charge in [-0.3, -0.25) is 4.90 Å². The smallest absolute Gasteiger partial charge is 0.246 e. The number of methoxy groups -OCH3 is 1. The van der Waals surface area contributed by atoms with Crippen LogP contribution >= 0.6 is 15.9 Å². The first-order valence-electron chi connectivity index (χ1n) is 9.04. The van der Waals surface area contributed by atoms with Gasteiger partial charge in [-0.15, -0.1) is 0 Å². The monoisotopic (exact) mass is 446 g/mol. The fourth-order valence-corrected chi connectivity index (χ4v) is 6.12. The van der Waals surface area contributed by atoms with Crippen LogP contribution in [0, 0.1) is 0 Å². The lowest BCUT2D eigenvalue weighted by atomic mass is 10.0. The van der Waals surface area contributed by atoms with Gasteiger partial charge in [0.1, 0.15) is 10.6 Å². The Morgan fingerprint density at radius 2 is 1.77 bits per heavy atom. The van der Waals surface area contributed by atoms with Gasteiger partial charge < -0.3 is 9.47 Å². The SMILES string of the molecule is COc1ccc(Br)cc1S(=O)(=O)N1CCC(N2C[C@@H](C)O[C@H](C)C2)CC1. The Labute approximate surface area is 164 Å². The maximum absolute atomic E-state index is 13.1. The van der Waals surface area contributed by atoms with Crippen molar-refractivity contribution in [2.45, 2.75) is 49.8 Å². The van der Waals surface area contributed by atoms with Crippen molar-refractivity contribution in [3.63, 3.8) is 0 Å². The third kappa shape index (κ3) is 4.25. The maximum Gasteiger partial charge on any atom is 0.246 e. The van der Waals surface area contributed by atoms with Gasteiger partial charge >= 0.3 is 0 Å². The molecular weight excluding hydrogens is 420 g/mol. The lowest BCUT2D eigenvalue weighted by molar-refractivity contribution is -0.0847. The van der Waals surface area contributed by atoms with Crippen LogP contribution in [0.5, 0.6) is 5.75 Å². The summed E-state index contributed by atoms with van der Waals surface area (Å²) in [6.45, 7) is 7.09. The molecule has 26 heavy (non-hydrogen) atoms. The zero-order valence-corrected chi connectivity index (χ0v) is 17.9. The van der Waals surface area contributed by atoms with E-state index in [1.165, 1.54) is 7.11 Å². The number of piperidine rings is 1. The highest BCUT2D eigenvalue weighted by atomic mass is 79.9. The Bertz CT molecular complexity index is 725. The summed E-state index contributed by atoms with van der Waals surface area (Å²) in [4.78, 5) is 2.68. The second-order valence-corrected chi connectivity index (χ2v) is 9.96. The molecule has 0 aromatic heterocycles. The van der Waals surface area contributed by atoms with Crippen LogP contribution in [0.4, 0.5) is 0 Å². The zero-order chi connectivity index (χ0) is 18.9. The largest absolute Gasteiger partial charge is 0.495 e. The molecule has 0 unspecified atom stereocenters. The van der Waals surface area contributed by atoms with Crippen LogP contribution in [0.3, 0.4) is 0 Å². The predicted molar refractivity (Wildman–Crippen MR) is 104 cm³/mol. The van der Waals surface area contributed by atoms with Crippen LogP contribution in [0.2, 0.25) is 0 Å². The lowest BCUT2D eigenvalue weighted by Crippen LogP contribution is -2.53. The van der Waals surface area contributed by atoms with Gasteiger partial charge in [-0.2, -0.15) is 4.31 Å². The number of hydrogen-bond donors (Lipinski definition) is 0. The molecule has 2 aliphatic rings. The van der Waals surface area contributed by atoms with E-state index in [2.05, 4.69) is 34.7 Å². The van der Waals surface area contributed by atoms with Gasteiger partial charge in [-0.1, -0.05) is 15.9 Å². The van der Waals surface area contributed by atoms with E-state index in [9.17, 15) is 8.42 Å². The van der Waals surface area contributed by atoms with Crippen molar-refractivity contribution >= 4 is 26.0 Å². The number of hydrogen-bond acceptors (Lipinski definition) is 5. The van der Waals surface area contributed by atoms with Crippen molar-refractivity contribution in [2.75, 3.05) is 33.3 Å². The fourth-order valence-electron chi connectivity index (χ4n) is 3.95. The van der Waals surface area contributed by atoms with E-state index in [1.54, 1.807) is 22.5 Å². The summed E-state index contributed by atoms with van der Waals surface area (Å²) in [6, 6.07) is 5.50. The van der Waals surface area contributed by atoms with Crippen LogP contribution < -0.4 is 4.74 Å². The maximum atomic E-state index is 13.1. The molecule has 0 aliphatic carbocycles. The van der Waals surface area contributed by atoms with Crippen molar-refractivity contribution in [3.8, 4) is 5.75 Å². The van der Waals surface area contributed by atoms with Gasteiger partial charge in [0.15, 0.2) is 0 Å². The second kappa shape index (κ2) is 8.14. The summed E-state index contributed by atoms with van der Waals surface area (Å²) in [6.07, 6.45) is 2.14. The number of ether oxygens (including phenoxy) is 2. The third-order valence-electron chi connectivity index (χ3n) is 5.13. The molecule has 1 aromatic rings. The molecule has 0 N–H and O–H groups in total. The minimum atomic E-state index is -3.57. The van der Waals surface area contributed by atoms with Crippen molar-refractivity contribution < 1.29 is 17.9 Å². The molecule has 0 radical (unpaired) electrons. The van der Waals surface area contributed by atoms with Crippen molar-refractivity contribution in [1.82, 2.24) is 9.21 Å². The molecule has 8 heteroatoms. The number of sulfonamides is 1. The van der Waals surface area contributed by atoms with Gasteiger partial charge in [0.25, 0.3) is 0 Å². The number of morpholine rings is 1. The Morgan fingerprint density at radius 1 is 1.15 bits per heavy atom. The Balaban J connectivity index is 1.70. The minimum Gasteiger partial charge on any atom is -0.495 e. The number of halogens is 1. The van der Waals surface area contributed by atoms with E-state index >= 15 is 0 Å². The first-order chi connectivity index (χ1) is 12.3. The minimum absolute atomic E-state index is 0.224. The summed E-state index contributed by atoms with van der Waals surface area (Å²) < 4.78 is 39.6. The quantitative estimate of drug-likeness (QED) is 0.711. The highest BCUT2D eigenvalue weighted by Crippen LogP contribution is 2.32. The van der Waals surface area contributed by atoms with E-state index in [-0.39, 0.29) is 17.1 Å². The zero-order valence-electron chi connectivity index (χ0n) is 15.5. The average molecular weight is 447 g/mol. The molecule has 2 atom stereocenters. The van der Waals surface area contributed by atoms with Crippen LogP contribution in [0.15, 0.2) is 27.6 Å². The van der Waals surface area contributed by atoms with E-state index in [0.717, 1.165) is 30.4 Å². The van der Waals surface area contributed by atoms with Crippen LogP contribution in [0.25, 0.3) is 0 Å². The first-order valence-corrected chi connectivity index (χ1v) is 11.3. The predicted octanol–water partition coefficient (Wildman–Crippen LogP) is 2.72. The molecule has 0 saturated carbocycles. The molecule has 0 bridgehead atoms. The molecular formula is C18H27BrN2O4S. The first kappa shape index (κ1) is 20.1. The Morgan fingerprint density at radius 3 is 2.35 bits per heavy atom. The van der Waals surface area contributed by atoms with Crippen LogP contribution in [-0.4, -0.2) is 69.2 Å². The molecule has 2 saturated heterocycles. The van der Waals surface area contributed by atoms with Gasteiger partial charge in [0, 0.05) is 36.7 Å². The molecule has 6 nitrogen and oxygen atoms in total. The third-order valence-corrected chi connectivity index (χ3v) is 7.54. The van der Waals surface area contributed by atoms with Gasteiger partial charge in [-0.25, -0.2) is 8.42 Å². The van der Waals surface area contributed by atoms with Crippen molar-refractivity contribution in [1.29, 1.82) is 0 Å². The molecule has 2 aliphatic heterocycles. The molecule has 2 heterocycles. The number of benzene rings is 1. The molecule has 0 amide bonds. The average Bonchev–Trinajstić information content (AvgIpc) is 2.61. The highest BCUT2D eigenvalue weighted by Gasteiger charge is 2.35. The van der Waals surface area contributed by atoms with Crippen molar-refractivity contribution in [2.24, 2.45) is 0 Å². The van der Waals surface area contributed by atoms with E-state index in [1.807, 2.05) is 0 Å².